The molecule has 0 radical (unpaired) electrons. The highest BCUT2D eigenvalue weighted by atomic mass is 32.2. The van der Waals surface area contributed by atoms with Gasteiger partial charge in [0.25, 0.3) is 0 Å². The average Bonchev–Trinajstić information content (AvgIpc) is 2.48. The van der Waals surface area contributed by atoms with Crippen molar-refractivity contribution in [3.8, 4) is 0 Å². The van der Waals surface area contributed by atoms with Gasteiger partial charge in [-0.05, 0) is 18.4 Å². The molecule has 0 aliphatic carbocycles. The van der Waals surface area contributed by atoms with Gasteiger partial charge in [-0.15, -0.1) is 11.8 Å². The molecule has 1 fully saturated rings. The van der Waals surface area contributed by atoms with Crippen LogP contribution in [0.4, 0.5) is 0 Å². The molecule has 1 amide bonds. The van der Waals surface area contributed by atoms with E-state index < -0.39 is 5.97 Å². The summed E-state index contributed by atoms with van der Waals surface area (Å²) in [6, 6.07) is 10.1. The molecule has 1 saturated heterocycles. The number of hydrogen-bond donors (Lipinski definition) is 1. The molecule has 0 spiro atoms. The number of likely N-dealkylation sites (tertiary alicyclic amines) is 1. The molecule has 5 heteroatoms. The molecule has 0 bridgehead atoms. The van der Waals surface area contributed by atoms with Crippen LogP contribution < -0.4 is 0 Å². The minimum Gasteiger partial charge on any atom is -0.481 e. The van der Waals surface area contributed by atoms with Gasteiger partial charge in [-0.25, -0.2) is 0 Å². The van der Waals surface area contributed by atoms with E-state index in [1.807, 2.05) is 18.2 Å². The summed E-state index contributed by atoms with van der Waals surface area (Å²) in [6.45, 7) is 1.14. The van der Waals surface area contributed by atoms with Crippen molar-refractivity contribution in [1.82, 2.24) is 4.90 Å². The standard InChI is InChI=1S/C15H19NO3S/c17-14(11-20-10-12-4-2-1-3-5-12)16-8-6-13(7-9-16)15(18)19/h1-5,13H,6-11H2,(H,18,19). The zero-order valence-electron chi connectivity index (χ0n) is 11.3. The molecule has 1 heterocycles. The summed E-state index contributed by atoms with van der Waals surface area (Å²) in [5, 5.41) is 8.92. The summed E-state index contributed by atoms with van der Waals surface area (Å²) in [5.41, 5.74) is 1.22. The fourth-order valence-electron chi connectivity index (χ4n) is 2.30. The number of nitrogens with zero attached hydrogens (tertiary/aromatic N) is 1. The normalized spacial score (nSPS) is 16.1. The molecule has 0 aromatic heterocycles. The Hall–Kier alpha value is -1.49. The van der Waals surface area contributed by atoms with E-state index in [1.165, 1.54) is 5.56 Å². The molecule has 0 unspecified atom stereocenters. The summed E-state index contributed by atoms with van der Waals surface area (Å²) < 4.78 is 0. The summed E-state index contributed by atoms with van der Waals surface area (Å²) in [5.74, 6) is 0.395. The predicted molar refractivity (Wildman–Crippen MR) is 79.5 cm³/mol. The van der Waals surface area contributed by atoms with Gasteiger partial charge in [-0.3, -0.25) is 9.59 Å². The van der Waals surface area contributed by atoms with Crippen molar-refractivity contribution in [2.45, 2.75) is 18.6 Å². The molecule has 0 saturated carbocycles. The SMILES string of the molecule is O=C(O)C1CCN(C(=O)CSCc2ccccc2)CC1. The molecule has 0 atom stereocenters. The van der Waals surface area contributed by atoms with Gasteiger partial charge in [0.1, 0.15) is 0 Å². The Balaban J connectivity index is 1.69. The minimum atomic E-state index is -0.740. The average molecular weight is 293 g/mol. The Morgan fingerprint density at radius 3 is 2.45 bits per heavy atom. The molecule has 108 valence electrons. The number of benzene rings is 1. The lowest BCUT2D eigenvalue weighted by Gasteiger charge is -2.30. The van der Waals surface area contributed by atoms with Crippen LogP contribution in [-0.2, 0) is 15.3 Å². The maximum absolute atomic E-state index is 12.0. The third kappa shape index (κ3) is 4.27. The van der Waals surface area contributed by atoms with E-state index in [1.54, 1.807) is 16.7 Å². The quantitative estimate of drug-likeness (QED) is 0.904. The Morgan fingerprint density at radius 2 is 1.85 bits per heavy atom. The second kappa shape index (κ2) is 7.33. The fourth-order valence-corrected chi connectivity index (χ4v) is 3.18. The van der Waals surface area contributed by atoms with Gasteiger partial charge < -0.3 is 10.0 Å². The van der Waals surface area contributed by atoms with Crippen molar-refractivity contribution < 1.29 is 14.7 Å². The van der Waals surface area contributed by atoms with E-state index in [9.17, 15) is 9.59 Å². The fraction of sp³-hybridized carbons (Fsp3) is 0.467. The van der Waals surface area contributed by atoms with Crippen molar-refractivity contribution in [3.63, 3.8) is 0 Å². The topological polar surface area (TPSA) is 57.6 Å². The lowest BCUT2D eigenvalue weighted by atomic mass is 9.97. The Morgan fingerprint density at radius 1 is 1.20 bits per heavy atom. The maximum Gasteiger partial charge on any atom is 0.306 e. The highest BCUT2D eigenvalue weighted by Gasteiger charge is 2.26. The zero-order chi connectivity index (χ0) is 14.4. The van der Waals surface area contributed by atoms with Crippen LogP contribution in [0.15, 0.2) is 30.3 Å². The number of piperidine rings is 1. The summed E-state index contributed by atoms with van der Waals surface area (Å²) in [4.78, 5) is 24.7. The smallest absolute Gasteiger partial charge is 0.306 e. The number of thioether (sulfide) groups is 1. The molecule has 1 aromatic carbocycles. The second-order valence-electron chi connectivity index (χ2n) is 4.97. The summed E-state index contributed by atoms with van der Waals surface area (Å²) >= 11 is 1.61. The van der Waals surface area contributed by atoms with E-state index in [0.717, 1.165) is 5.75 Å². The van der Waals surface area contributed by atoms with Crippen LogP contribution in [0.2, 0.25) is 0 Å². The summed E-state index contributed by atoms with van der Waals surface area (Å²) in [7, 11) is 0. The number of carboxylic acids is 1. The zero-order valence-corrected chi connectivity index (χ0v) is 12.1. The van der Waals surface area contributed by atoms with Crippen LogP contribution in [0.5, 0.6) is 0 Å². The number of rotatable bonds is 5. The van der Waals surface area contributed by atoms with Crippen molar-refractivity contribution in [2.75, 3.05) is 18.8 Å². The van der Waals surface area contributed by atoms with Crippen LogP contribution in [-0.4, -0.2) is 40.7 Å². The van der Waals surface area contributed by atoms with Gasteiger partial charge >= 0.3 is 5.97 Å². The molecular weight excluding hydrogens is 274 g/mol. The first-order valence-corrected chi connectivity index (χ1v) is 7.94. The molecular formula is C15H19NO3S. The predicted octanol–water partition coefficient (Wildman–Crippen LogP) is 2.24. The first-order valence-electron chi connectivity index (χ1n) is 6.79. The van der Waals surface area contributed by atoms with Gasteiger partial charge in [0.2, 0.25) is 5.91 Å². The molecule has 1 aromatic rings. The molecule has 1 N–H and O–H groups in total. The largest absolute Gasteiger partial charge is 0.481 e. The molecule has 20 heavy (non-hydrogen) atoms. The van der Waals surface area contributed by atoms with Crippen LogP contribution >= 0.6 is 11.8 Å². The van der Waals surface area contributed by atoms with Crippen LogP contribution in [0, 0.1) is 5.92 Å². The van der Waals surface area contributed by atoms with E-state index in [4.69, 9.17) is 5.11 Å². The first-order chi connectivity index (χ1) is 9.66. The van der Waals surface area contributed by atoms with Crippen molar-refractivity contribution in [3.05, 3.63) is 35.9 Å². The highest BCUT2D eigenvalue weighted by Crippen LogP contribution is 2.19. The van der Waals surface area contributed by atoms with Gasteiger partial charge in [0, 0.05) is 18.8 Å². The van der Waals surface area contributed by atoms with E-state index >= 15 is 0 Å². The lowest BCUT2D eigenvalue weighted by molar-refractivity contribution is -0.145. The van der Waals surface area contributed by atoms with Gasteiger partial charge in [0.05, 0.1) is 11.7 Å². The van der Waals surface area contributed by atoms with E-state index in [0.29, 0.717) is 31.7 Å². The lowest BCUT2D eigenvalue weighted by Crippen LogP contribution is -2.41. The van der Waals surface area contributed by atoms with Gasteiger partial charge in [-0.2, -0.15) is 0 Å². The number of aliphatic carboxylic acids is 1. The number of amides is 1. The van der Waals surface area contributed by atoms with Crippen molar-refractivity contribution in [1.29, 1.82) is 0 Å². The monoisotopic (exact) mass is 293 g/mol. The number of carboxylic acid groups (broad SMARTS) is 1. The molecule has 2 rings (SSSR count). The van der Waals surface area contributed by atoms with Crippen molar-refractivity contribution in [2.24, 2.45) is 5.92 Å². The summed E-state index contributed by atoms with van der Waals surface area (Å²) in [6.07, 6.45) is 1.15. The first kappa shape index (κ1) is 14.9. The van der Waals surface area contributed by atoms with E-state index in [-0.39, 0.29) is 11.8 Å². The van der Waals surface area contributed by atoms with Gasteiger partial charge in [-0.1, -0.05) is 30.3 Å². The third-order valence-electron chi connectivity index (χ3n) is 3.53. The highest BCUT2D eigenvalue weighted by molar-refractivity contribution is 7.99. The Kier molecular flexibility index (Phi) is 5.47. The number of hydrogen-bond acceptors (Lipinski definition) is 3. The Bertz CT molecular complexity index is 455. The maximum atomic E-state index is 12.0. The van der Waals surface area contributed by atoms with Crippen molar-refractivity contribution >= 4 is 23.6 Å². The molecule has 1 aliphatic heterocycles. The third-order valence-corrected chi connectivity index (χ3v) is 4.52. The molecule has 4 nitrogen and oxygen atoms in total. The van der Waals surface area contributed by atoms with Gasteiger partial charge in [0.15, 0.2) is 0 Å². The number of carbonyl (C=O) groups is 2. The van der Waals surface area contributed by atoms with Crippen LogP contribution in [0.25, 0.3) is 0 Å². The Labute approximate surface area is 123 Å². The number of carbonyl (C=O) groups excluding carboxylic acids is 1. The van der Waals surface area contributed by atoms with E-state index in [2.05, 4.69) is 12.1 Å². The molecule has 1 aliphatic rings. The minimum absolute atomic E-state index is 0.120. The van der Waals surface area contributed by atoms with Crippen LogP contribution in [0.1, 0.15) is 18.4 Å². The van der Waals surface area contributed by atoms with Crippen LogP contribution in [0.3, 0.4) is 0 Å². The second-order valence-corrected chi connectivity index (χ2v) is 5.96.